The molecule has 0 aromatic heterocycles. The first-order chi connectivity index (χ1) is 9.41. The molecule has 2 rings (SSSR count). The molecule has 0 bridgehead atoms. The highest BCUT2D eigenvalue weighted by Gasteiger charge is 2.34. The van der Waals surface area contributed by atoms with E-state index in [-0.39, 0.29) is 17.6 Å². The van der Waals surface area contributed by atoms with Crippen LogP contribution in [-0.2, 0) is 4.79 Å². The summed E-state index contributed by atoms with van der Waals surface area (Å²) in [5.41, 5.74) is 7.17. The number of ether oxygens (including phenoxy) is 1. The molecule has 1 heterocycles. The molecule has 1 atom stereocenters. The van der Waals surface area contributed by atoms with Gasteiger partial charge in [-0.05, 0) is 38.5 Å². The van der Waals surface area contributed by atoms with Crippen LogP contribution >= 0.6 is 0 Å². The lowest BCUT2D eigenvalue weighted by Gasteiger charge is -2.38. The Kier molecular flexibility index (Phi) is 4.02. The molecule has 3 N–H and O–H groups in total. The summed E-state index contributed by atoms with van der Waals surface area (Å²) in [4.78, 5) is 11.9. The molecule has 4 nitrogen and oxygen atoms in total. The van der Waals surface area contributed by atoms with E-state index in [1.54, 1.807) is 6.08 Å². The van der Waals surface area contributed by atoms with E-state index in [2.05, 4.69) is 11.9 Å². The van der Waals surface area contributed by atoms with Gasteiger partial charge in [0.05, 0.1) is 6.04 Å². The lowest BCUT2D eigenvalue weighted by atomic mass is 9.89. The Morgan fingerprint density at radius 1 is 1.60 bits per heavy atom. The van der Waals surface area contributed by atoms with Gasteiger partial charge in [-0.15, -0.1) is 6.58 Å². The number of allylic oxidation sites excluding steroid dienone is 1. The molecule has 1 unspecified atom stereocenters. The Labute approximate surface area is 120 Å². The lowest BCUT2D eigenvalue weighted by Crippen LogP contribution is -2.41. The van der Waals surface area contributed by atoms with E-state index < -0.39 is 0 Å². The molecule has 0 radical (unpaired) electrons. The van der Waals surface area contributed by atoms with Crippen molar-refractivity contribution in [1.82, 2.24) is 5.32 Å². The Morgan fingerprint density at radius 3 is 3.05 bits per heavy atom. The van der Waals surface area contributed by atoms with Crippen LogP contribution in [0.3, 0.4) is 0 Å². The van der Waals surface area contributed by atoms with Gasteiger partial charge in [0.15, 0.2) is 0 Å². The molecule has 0 fully saturated rings. The van der Waals surface area contributed by atoms with E-state index in [4.69, 9.17) is 10.5 Å². The van der Waals surface area contributed by atoms with Gasteiger partial charge < -0.3 is 15.8 Å². The molecule has 1 aromatic rings. The molecule has 0 saturated heterocycles. The van der Waals surface area contributed by atoms with E-state index in [9.17, 15) is 4.79 Å². The molecular weight excluding hydrogens is 252 g/mol. The molecule has 20 heavy (non-hydrogen) atoms. The Balaban J connectivity index is 2.22. The zero-order valence-electron chi connectivity index (χ0n) is 12.1. The van der Waals surface area contributed by atoms with Gasteiger partial charge in [0, 0.05) is 24.1 Å². The summed E-state index contributed by atoms with van der Waals surface area (Å²) in [6, 6.07) is 5.50. The summed E-state index contributed by atoms with van der Waals surface area (Å²) >= 11 is 0. The molecule has 1 amide bonds. The van der Waals surface area contributed by atoms with Crippen molar-refractivity contribution in [3.63, 3.8) is 0 Å². The molecule has 0 aliphatic carbocycles. The molecule has 1 aliphatic heterocycles. The maximum atomic E-state index is 11.9. The number of carbonyl (C=O) groups excluding carboxylic acids is 1. The second-order valence-corrected chi connectivity index (χ2v) is 5.81. The molecular formula is C16H22N2O2. The average Bonchev–Trinajstić information content (AvgIpc) is 2.36. The predicted molar refractivity (Wildman–Crippen MR) is 80.5 cm³/mol. The van der Waals surface area contributed by atoms with Crippen molar-refractivity contribution in [3.8, 4) is 5.75 Å². The first-order valence-electron chi connectivity index (χ1n) is 6.90. The smallest absolute Gasteiger partial charge is 0.220 e. The number of carbonyl (C=O) groups is 1. The largest absolute Gasteiger partial charge is 0.487 e. The standard InChI is InChI=1S/C16H22N2O2/c1-4-5-6-15(19)18-13-10-16(2,3)20-14-8-7-11(17)9-12(13)14/h4,7-9,13H,1,5-6,10,17H2,2-3H3,(H,18,19). The van der Waals surface area contributed by atoms with E-state index in [0.29, 0.717) is 18.5 Å². The average molecular weight is 274 g/mol. The number of nitrogens with two attached hydrogens (primary N) is 1. The topological polar surface area (TPSA) is 64.3 Å². The van der Waals surface area contributed by atoms with Crippen LogP contribution in [0.25, 0.3) is 0 Å². The van der Waals surface area contributed by atoms with Gasteiger partial charge in [0.1, 0.15) is 11.4 Å². The van der Waals surface area contributed by atoms with Crippen molar-refractivity contribution in [2.75, 3.05) is 5.73 Å². The Bertz CT molecular complexity index is 523. The van der Waals surface area contributed by atoms with Crippen molar-refractivity contribution in [2.24, 2.45) is 0 Å². The highest BCUT2D eigenvalue weighted by molar-refractivity contribution is 5.77. The maximum absolute atomic E-state index is 11.9. The van der Waals surface area contributed by atoms with Crippen LogP contribution in [-0.4, -0.2) is 11.5 Å². The van der Waals surface area contributed by atoms with E-state index in [0.717, 1.165) is 17.7 Å². The number of benzene rings is 1. The molecule has 0 spiro atoms. The van der Waals surface area contributed by atoms with Gasteiger partial charge in [0.25, 0.3) is 0 Å². The highest BCUT2D eigenvalue weighted by atomic mass is 16.5. The number of hydrogen-bond donors (Lipinski definition) is 2. The first-order valence-corrected chi connectivity index (χ1v) is 6.90. The third-order valence-corrected chi connectivity index (χ3v) is 3.40. The third-order valence-electron chi connectivity index (χ3n) is 3.40. The summed E-state index contributed by atoms with van der Waals surface area (Å²) in [6.07, 6.45) is 3.61. The maximum Gasteiger partial charge on any atom is 0.220 e. The minimum Gasteiger partial charge on any atom is -0.487 e. The second kappa shape index (κ2) is 5.57. The molecule has 0 saturated carbocycles. The monoisotopic (exact) mass is 274 g/mol. The summed E-state index contributed by atoms with van der Waals surface area (Å²) in [5.74, 6) is 0.824. The fourth-order valence-electron chi connectivity index (χ4n) is 2.50. The summed E-state index contributed by atoms with van der Waals surface area (Å²) in [5, 5.41) is 3.07. The van der Waals surface area contributed by atoms with Crippen LogP contribution in [0.5, 0.6) is 5.75 Å². The number of rotatable bonds is 4. The number of hydrogen-bond acceptors (Lipinski definition) is 3. The fraction of sp³-hybridized carbons (Fsp3) is 0.438. The number of nitrogen functional groups attached to an aromatic ring is 1. The Hall–Kier alpha value is -1.97. The van der Waals surface area contributed by atoms with Crippen LogP contribution in [0, 0.1) is 0 Å². The van der Waals surface area contributed by atoms with Crippen LogP contribution in [0.1, 0.15) is 44.7 Å². The first kappa shape index (κ1) is 14.4. The minimum absolute atomic E-state index is 0.0287. The number of anilines is 1. The van der Waals surface area contributed by atoms with Crippen molar-refractivity contribution in [3.05, 3.63) is 36.4 Å². The number of nitrogens with one attached hydrogen (secondary N) is 1. The van der Waals surface area contributed by atoms with E-state index in [1.165, 1.54) is 0 Å². The Morgan fingerprint density at radius 2 is 2.35 bits per heavy atom. The molecule has 4 heteroatoms. The number of amides is 1. The molecule has 1 aromatic carbocycles. The lowest BCUT2D eigenvalue weighted by molar-refractivity contribution is -0.122. The van der Waals surface area contributed by atoms with E-state index >= 15 is 0 Å². The highest BCUT2D eigenvalue weighted by Crippen LogP contribution is 2.40. The third kappa shape index (κ3) is 3.32. The minimum atomic E-state index is -0.306. The summed E-state index contributed by atoms with van der Waals surface area (Å²) < 4.78 is 5.94. The van der Waals surface area contributed by atoms with E-state index in [1.807, 2.05) is 32.0 Å². The van der Waals surface area contributed by atoms with Crippen molar-refractivity contribution in [2.45, 2.75) is 44.8 Å². The van der Waals surface area contributed by atoms with Gasteiger partial charge in [-0.3, -0.25) is 4.79 Å². The SMILES string of the molecule is C=CCCC(=O)NC1CC(C)(C)Oc2ccc(N)cc21. The van der Waals surface area contributed by atoms with Crippen LogP contribution in [0.15, 0.2) is 30.9 Å². The summed E-state index contributed by atoms with van der Waals surface area (Å²) in [6.45, 7) is 7.68. The zero-order valence-corrected chi connectivity index (χ0v) is 12.1. The zero-order chi connectivity index (χ0) is 14.8. The molecule has 108 valence electrons. The predicted octanol–water partition coefficient (Wildman–Crippen LogP) is 2.95. The van der Waals surface area contributed by atoms with Crippen molar-refractivity contribution in [1.29, 1.82) is 0 Å². The van der Waals surface area contributed by atoms with Gasteiger partial charge in [-0.1, -0.05) is 6.08 Å². The fourth-order valence-corrected chi connectivity index (χ4v) is 2.50. The normalized spacial score (nSPS) is 19.6. The van der Waals surface area contributed by atoms with Gasteiger partial charge >= 0.3 is 0 Å². The van der Waals surface area contributed by atoms with Crippen LogP contribution in [0.2, 0.25) is 0 Å². The van der Waals surface area contributed by atoms with Gasteiger partial charge in [0.2, 0.25) is 5.91 Å². The van der Waals surface area contributed by atoms with Gasteiger partial charge in [-0.25, -0.2) is 0 Å². The quantitative estimate of drug-likeness (QED) is 0.655. The second-order valence-electron chi connectivity index (χ2n) is 5.81. The van der Waals surface area contributed by atoms with Gasteiger partial charge in [-0.2, -0.15) is 0 Å². The summed E-state index contributed by atoms with van der Waals surface area (Å²) in [7, 11) is 0. The van der Waals surface area contributed by atoms with Crippen LogP contribution < -0.4 is 15.8 Å². The van der Waals surface area contributed by atoms with Crippen LogP contribution in [0.4, 0.5) is 5.69 Å². The van der Waals surface area contributed by atoms with Crippen molar-refractivity contribution < 1.29 is 9.53 Å². The number of fused-ring (bicyclic) bond motifs is 1. The van der Waals surface area contributed by atoms with Crippen molar-refractivity contribution >= 4 is 11.6 Å². The molecule has 1 aliphatic rings.